The van der Waals surface area contributed by atoms with Crippen LogP contribution in [0, 0.1) is 5.41 Å². The summed E-state index contributed by atoms with van der Waals surface area (Å²) in [7, 11) is 0. The van der Waals surface area contributed by atoms with E-state index in [0.29, 0.717) is 11.8 Å². The number of hydrogen-bond donors (Lipinski definition) is 2. The van der Waals surface area contributed by atoms with E-state index in [1.54, 1.807) is 12.5 Å². The van der Waals surface area contributed by atoms with Crippen LogP contribution in [-0.4, -0.2) is 28.1 Å². The number of imidazole rings is 1. The van der Waals surface area contributed by atoms with Gasteiger partial charge in [-0.15, -0.1) is 0 Å². The Morgan fingerprint density at radius 2 is 2.26 bits per heavy atom. The summed E-state index contributed by atoms with van der Waals surface area (Å²) in [4.78, 5) is 18.8. The number of H-pyrrole nitrogens is 1. The molecular formula is C14H23N3O2. The molecule has 1 heterocycles. The maximum absolute atomic E-state index is 11.9. The molecule has 0 aliphatic heterocycles. The number of esters is 1. The first-order valence-corrected chi connectivity index (χ1v) is 6.90. The van der Waals surface area contributed by atoms with Gasteiger partial charge in [0.2, 0.25) is 0 Å². The molecule has 0 unspecified atom stereocenters. The lowest BCUT2D eigenvalue weighted by Crippen LogP contribution is -2.38. The zero-order valence-electron chi connectivity index (χ0n) is 11.7. The number of aromatic nitrogens is 2. The van der Waals surface area contributed by atoms with E-state index in [1.165, 1.54) is 0 Å². The molecule has 1 saturated carbocycles. The Hall–Kier alpha value is -1.36. The summed E-state index contributed by atoms with van der Waals surface area (Å²) >= 11 is 0. The third kappa shape index (κ3) is 4.06. The summed E-state index contributed by atoms with van der Waals surface area (Å²) < 4.78 is 5.50. The predicted molar refractivity (Wildman–Crippen MR) is 72.4 cm³/mol. The number of aromatic amines is 1. The van der Waals surface area contributed by atoms with Crippen molar-refractivity contribution in [1.82, 2.24) is 9.97 Å². The Labute approximate surface area is 113 Å². The van der Waals surface area contributed by atoms with E-state index in [-0.39, 0.29) is 12.1 Å². The van der Waals surface area contributed by atoms with E-state index in [1.807, 2.05) is 0 Å². The first-order valence-electron chi connectivity index (χ1n) is 6.90. The molecular weight excluding hydrogens is 242 g/mol. The summed E-state index contributed by atoms with van der Waals surface area (Å²) in [6, 6.07) is -0.615. The third-order valence-corrected chi connectivity index (χ3v) is 3.87. The Balaban J connectivity index is 1.78. The molecule has 5 heteroatoms. The highest BCUT2D eigenvalue weighted by Gasteiger charge is 2.30. The van der Waals surface area contributed by atoms with Crippen LogP contribution in [0.5, 0.6) is 0 Å². The van der Waals surface area contributed by atoms with Crippen LogP contribution in [0.4, 0.5) is 0 Å². The topological polar surface area (TPSA) is 81.0 Å². The summed E-state index contributed by atoms with van der Waals surface area (Å²) in [5, 5.41) is 0. The molecule has 0 spiro atoms. The van der Waals surface area contributed by atoms with Crippen LogP contribution >= 0.6 is 0 Å². The Bertz CT molecular complexity index is 404. The first-order chi connectivity index (χ1) is 8.96. The van der Waals surface area contributed by atoms with Gasteiger partial charge < -0.3 is 15.5 Å². The van der Waals surface area contributed by atoms with Gasteiger partial charge in [0.15, 0.2) is 0 Å². The highest BCUT2D eigenvalue weighted by Crippen LogP contribution is 2.36. The number of nitrogens with one attached hydrogen (secondary N) is 1. The van der Waals surface area contributed by atoms with Crippen molar-refractivity contribution in [2.75, 3.05) is 0 Å². The van der Waals surface area contributed by atoms with Gasteiger partial charge in [-0.25, -0.2) is 4.98 Å². The minimum absolute atomic E-state index is 0.0355. The highest BCUT2D eigenvalue weighted by molar-refractivity contribution is 5.76. The summed E-state index contributed by atoms with van der Waals surface area (Å²) in [5.41, 5.74) is 7.09. The van der Waals surface area contributed by atoms with Crippen LogP contribution in [0.1, 0.15) is 45.2 Å². The maximum atomic E-state index is 11.9. The number of rotatable bonds is 4. The molecule has 1 aromatic rings. The minimum atomic E-state index is -0.615. The number of carbonyl (C=O) groups excluding carboxylic acids is 1. The lowest BCUT2D eigenvalue weighted by atomic mass is 9.76. The van der Waals surface area contributed by atoms with Crippen LogP contribution in [0.25, 0.3) is 0 Å². The smallest absolute Gasteiger partial charge is 0.323 e. The van der Waals surface area contributed by atoms with Crippen LogP contribution in [0.15, 0.2) is 12.5 Å². The van der Waals surface area contributed by atoms with Crippen molar-refractivity contribution in [3.05, 3.63) is 18.2 Å². The number of ether oxygens (including phenoxy) is 1. The molecule has 19 heavy (non-hydrogen) atoms. The van der Waals surface area contributed by atoms with E-state index >= 15 is 0 Å². The van der Waals surface area contributed by atoms with Crippen molar-refractivity contribution in [3.63, 3.8) is 0 Å². The van der Waals surface area contributed by atoms with E-state index < -0.39 is 6.04 Å². The summed E-state index contributed by atoms with van der Waals surface area (Å²) in [6.07, 6.45) is 7.81. The molecule has 1 aliphatic carbocycles. The quantitative estimate of drug-likeness (QED) is 0.813. The van der Waals surface area contributed by atoms with E-state index in [0.717, 1.165) is 31.4 Å². The molecule has 1 aromatic heterocycles. The number of hydrogen-bond acceptors (Lipinski definition) is 4. The second-order valence-corrected chi connectivity index (χ2v) is 6.19. The lowest BCUT2D eigenvalue weighted by molar-refractivity contribution is -0.153. The molecule has 5 nitrogen and oxygen atoms in total. The largest absolute Gasteiger partial charge is 0.461 e. The maximum Gasteiger partial charge on any atom is 0.323 e. The van der Waals surface area contributed by atoms with E-state index in [4.69, 9.17) is 10.5 Å². The normalized spacial score (nSPS) is 21.0. The lowest BCUT2D eigenvalue weighted by Gasteiger charge is -2.34. The fraction of sp³-hybridized carbons (Fsp3) is 0.714. The molecule has 3 N–H and O–H groups in total. The molecule has 2 rings (SSSR count). The zero-order valence-corrected chi connectivity index (χ0v) is 11.7. The second-order valence-electron chi connectivity index (χ2n) is 6.19. The average Bonchev–Trinajstić information content (AvgIpc) is 2.84. The van der Waals surface area contributed by atoms with Crippen LogP contribution < -0.4 is 5.73 Å². The molecule has 1 atom stereocenters. The molecule has 0 aromatic carbocycles. The van der Waals surface area contributed by atoms with Crippen molar-refractivity contribution in [2.24, 2.45) is 11.1 Å². The van der Waals surface area contributed by atoms with Gasteiger partial charge in [0, 0.05) is 18.3 Å². The van der Waals surface area contributed by atoms with Crippen LogP contribution in [-0.2, 0) is 16.0 Å². The Kier molecular flexibility index (Phi) is 4.24. The predicted octanol–water partition coefficient (Wildman–Crippen LogP) is 1.79. The van der Waals surface area contributed by atoms with Gasteiger partial charge >= 0.3 is 5.97 Å². The van der Waals surface area contributed by atoms with Crippen molar-refractivity contribution < 1.29 is 9.53 Å². The first kappa shape index (κ1) is 14.1. The fourth-order valence-electron chi connectivity index (χ4n) is 2.46. The van der Waals surface area contributed by atoms with E-state index in [9.17, 15) is 4.79 Å². The SMILES string of the molecule is CC1(C)CCC(OC(=O)[C@@H](N)Cc2cnc[nH]2)CC1. The average molecular weight is 265 g/mol. The molecule has 1 fully saturated rings. The second kappa shape index (κ2) is 5.74. The third-order valence-electron chi connectivity index (χ3n) is 3.87. The molecule has 1 aliphatic rings. The Morgan fingerprint density at radius 1 is 1.58 bits per heavy atom. The molecule has 0 amide bonds. The number of nitrogens with two attached hydrogens (primary N) is 1. The molecule has 0 radical (unpaired) electrons. The van der Waals surface area contributed by atoms with Crippen LogP contribution in [0.3, 0.4) is 0 Å². The van der Waals surface area contributed by atoms with Gasteiger partial charge in [0.1, 0.15) is 12.1 Å². The number of carbonyl (C=O) groups is 1. The minimum Gasteiger partial charge on any atom is -0.461 e. The van der Waals surface area contributed by atoms with Gasteiger partial charge in [-0.1, -0.05) is 13.8 Å². The van der Waals surface area contributed by atoms with Crippen molar-refractivity contribution >= 4 is 5.97 Å². The van der Waals surface area contributed by atoms with Gasteiger partial charge in [0.05, 0.1) is 6.33 Å². The molecule has 0 bridgehead atoms. The van der Waals surface area contributed by atoms with Gasteiger partial charge in [-0.3, -0.25) is 4.79 Å². The highest BCUT2D eigenvalue weighted by atomic mass is 16.5. The monoisotopic (exact) mass is 265 g/mol. The van der Waals surface area contributed by atoms with Crippen LogP contribution in [0.2, 0.25) is 0 Å². The fourth-order valence-corrected chi connectivity index (χ4v) is 2.46. The van der Waals surface area contributed by atoms with Crippen molar-refractivity contribution in [3.8, 4) is 0 Å². The van der Waals surface area contributed by atoms with E-state index in [2.05, 4.69) is 23.8 Å². The zero-order chi connectivity index (χ0) is 13.9. The summed E-state index contributed by atoms with van der Waals surface area (Å²) in [5.74, 6) is -0.306. The van der Waals surface area contributed by atoms with Crippen molar-refractivity contribution in [2.45, 2.75) is 58.1 Å². The summed E-state index contributed by atoms with van der Waals surface area (Å²) in [6.45, 7) is 4.52. The number of nitrogens with zero attached hydrogens (tertiary/aromatic N) is 1. The standard InChI is InChI=1S/C14H23N3O2/c1-14(2)5-3-11(4-6-14)19-13(18)12(15)7-10-8-16-9-17-10/h8-9,11-12H,3-7,15H2,1-2H3,(H,16,17)/t12-/m0/s1. The molecule has 106 valence electrons. The molecule has 0 saturated heterocycles. The van der Waals surface area contributed by atoms with Gasteiger partial charge in [-0.05, 0) is 31.1 Å². The van der Waals surface area contributed by atoms with Gasteiger partial charge in [-0.2, -0.15) is 0 Å². The van der Waals surface area contributed by atoms with Crippen molar-refractivity contribution in [1.29, 1.82) is 0 Å². The van der Waals surface area contributed by atoms with Gasteiger partial charge in [0.25, 0.3) is 0 Å². The Morgan fingerprint density at radius 3 is 2.84 bits per heavy atom.